The zero-order chi connectivity index (χ0) is 28.5. The quantitative estimate of drug-likeness (QED) is 0.125. The van der Waals surface area contributed by atoms with E-state index in [1.807, 2.05) is 78.5 Å². The summed E-state index contributed by atoms with van der Waals surface area (Å²) in [5.74, 6) is 0.517. The summed E-state index contributed by atoms with van der Waals surface area (Å²) in [5.41, 5.74) is 3.69. The van der Waals surface area contributed by atoms with Crippen molar-refractivity contribution in [3.8, 4) is 22.9 Å². The van der Waals surface area contributed by atoms with Crippen molar-refractivity contribution < 1.29 is 9.59 Å². The Bertz CT molecular complexity index is 1980. The number of Topliss-reactive ketones (excluding diaryl/α,β-unsaturated/α-hetero) is 1. The minimum atomic E-state index is -0.444. The van der Waals surface area contributed by atoms with Crippen molar-refractivity contribution in [2.24, 2.45) is 12.0 Å². The summed E-state index contributed by atoms with van der Waals surface area (Å²) >= 11 is 5.78. The molecule has 0 saturated heterocycles. The first-order valence-corrected chi connectivity index (χ1v) is 15.6. The molecule has 204 valence electrons. The van der Waals surface area contributed by atoms with Crippen LogP contribution in [0.4, 0.5) is 0 Å². The summed E-state index contributed by atoms with van der Waals surface area (Å²) in [5, 5.41) is 10.7. The molecule has 41 heavy (non-hydrogen) atoms. The van der Waals surface area contributed by atoms with Gasteiger partial charge in [0, 0.05) is 12.6 Å². The van der Waals surface area contributed by atoms with Crippen LogP contribution in [0.5, 0.6) is 0 Å². The molecular formula is C29H22BrN7O2S2. The number of fused-ring (bicyclic) bond motifs is 1. The third-order valence-electron chi connectivity index (χ3n) is 6.37. The molecule has 0 N–H and O–H groups in total. The van der Waals surface area contributed by atoms with Crippen LogP contribution in [-0.2, 0) is 7.05 Å². The monoisotopic (exact) mass is 643 g/mol. The molecule has 0 unspecified atom stereocenters. The van der Waals surface area contributed by atoms with Crippen molar-refractivity contribution in [1.29, 1.82) is 0 Å². The summed E-state index contributed by atoms with van der Waals surface area (Å²) < 4.78 is 5.30. The maximum Gasteiger partial charge on any atom is 0.279 e. The van der Waals surface area contributed by atoms with Gasteiger partial charge in [-0.25, -0.2) is 9.67 Å². The smallest absolute Gasteiger partial charge is 0.279 e. The summed E-state index contributed by atoms with van der Waals surface area (Å²) in [7, 11) is 1.95. The van der Waals surface area contributed by atoms with Crippen LogP contribution in [0, 0.1) is 0 Å². The highest BCUT2D eigenvalue weighted by atomic mass is 79.9. The van der Waals surface area contributed by atoms with Gasteiger partial charge in [-0.05, 0) is 42.7 Å². The molecule has 0 aliphatic heterocycles. The molecule has 0 atom stereocenters. The number of rotatable bonds is 7. The fourth-order valence-electron chi connectivity index (χ4n) is 4.44. The predicted molar refractivity (Wildman–Crippen MR) is 165 cm³/mol. The number of thioether (sulfide) groups is 1. The van der Waals surface area contributed by atoms with Crippen LogP contribution >= 0.6 is 39.0 Å². The number of nitrogens with zero attached hydrogens (tertiary/aromatic N) is 7. The fraction of sp³-hybridized carbons (Fsp3) is 0.103. The van der Waals surface area contributed by atoms with Crippen molar-refractivity contribution in [2.75, 3.05) is 11.6 Å². The lowest BCUT2D eigenvalue weighted by Gasteiger charge is -2.10. The van der Waals surface area contributed by atoms with Crippen molar-refractivity contribution >= 4 is 61.8 Å². The van der Waals surface area contributed by atoms with Gasteiger partial charge < -0.3 is 4.57 Å². The van der Waals surface area contributed by atoms with E-state index in [0.29, 0.717) is 27.8 Å². The molecule has 6 rings (SSSR count). The Morgan fingerprint density at radius 3 is 2.29 bits per heavy atom. The Hall–Kier alpha value is -4.13. The van der Waals surface area contributed by atoms with Gasteiger partial charge in [-0.15, -0.1) is 16.9 Å². The Morgan fingerprint density at radius 1 is 0.927 bits per heavy atom. The number of aryl methyl sites for hydroxylation is 1. The first-order valence-electron chi connectivity index (χ1n) is 12.5. The van der Waals surface area contributed by atoms with Gasteiger partial charge in [0.05, 0.1) is 27.6 Å². The number of alkyl halides is 1. The largest absolute Gasteiger partial charge is 0.327 e. The first-order chi connectivity index (χ1) is 20.0. The highest BCUT2D eigenvalue weighted by Crippen LogP contribution is 2.37. The number of carbonyl (C=O) groups is 2. The second-order valence-corrected chi connectivity index (χ2v) is 11.2. The second kappa shape index (κ2) is 11.4. The number of aromatic nitrogens is 6. The SMILES string of the molecule is CSc1nn(-c2ccccc2)c(-n2nc(C(=O)CBr)sc2=NC(=O)c2ccccc2)c1-c1nc2ccccc2n1C. The molecule has 0 bridgehead atoms. The van der Waals surface area contributed by atoms with Gasteiger partial charge in [-0.3, -0.25) is 9.59 Å². The van der Waals surface area contributed by atoms with Gasteiger partial charge in [0.25, 0.3) is 5.91 Å². The maximum atomic E-state index is 13.3. The molecule has 3 aromatic heterocycles. The van der Waals surface area contributed by atoms with Crippen molar-refractivity contribution in [3.63, 3.8) is 0 Å². The third-order valence-corrected chi connectivity index (χ3v) is 8.50. The highest BCUT2D eigenvalue weighted by molar-refractivity contribution is 9.09. The molecule has 3 aromatic carbocycles. The number of benzene rings is 3. The van der Waals surface area contributed by atoms with Gasteiger partial charge >= 0.3 is 0 Å². The first kappa shape index (κ1) is 27.1. The molecule has 0 aliphatic carbocycles. The topological polar surface area (TPSA) is 100.0 Å². The molecular weight excluding hydrogens is 622 g/mol. The van der Waals surface area contributed by atoms with E-state index in [4.69, 9.17) is 15.2 Å². The summed E-state index contributed by atoms with van der Waals surface area (Å²) in [6, 6.07) is 26.3. The zero-order valence-electron chi connectivity index (χ0n) is 21.9. The van der Waals surface area contributed by atoms with E-state index >= 15 is 0 Å². The number of hydrogen-bond acceptors (Lipinski definition) is 7. The lowest BCUT2D eigenvalue weighted by molar-refractivity contribution is 0.0995. The van der Waals surface area contributed by atoms with Gasteiger partial charge in [0.2, 0.25) is 10.6 Å². The molecule has 0 saturated carbocycles. The third kappa shape index (κ3) is 4.98. The van der Waals surface area contributed by atoms with E-state index in [9.17, 15) is 9.59 Å². The van der Waals surface area contributed by atoms with E-state index in [0.717, 1.165) is 28.1 Å². The molecule has 0 aliphatic rings. The second-order valence-electron chi connectivity index (χ2n) is 8.88. The van der Waals surface area contributed by atoms with Crippen LogP contribution < -0.4 is 4.80 Å². The number of carbonyl (C=O) groups excluding carboxylic acids is 2. The molecule has 0 radical (unpaired) electrons. The fourth-order valence-corrected chi connectivity index (χ4v) is 6.26. The lowest BCUT2D eigenvalue weighted by atomic mass is 10.2. The van der Waals surface area contributed by atoms with Crippen molar-refractivity contribution in [1.82, 2.24) is 29.1 Å². The van der Waals surface area contributed by atoms with Crippen LogP contribution in [0.25, 0.3) is 33.9 Å². The van der Waals surface area contributed by atoms with Gasteiger partial charge in [0.1, 0.15) is 10.9 Å². The maximum absolute atomic E-state index is 13.3. The normalized spacial score (nSPS) is 11.8. The van der Waals surface area contributed by atoms with E-state index in [1.54, 1.807) is 28.9 Å². The Morgan fingerprint density at radius 2 is 1.61 bits per heavy atom. The van der Waals surface area contributed by atoms with Crippen molar-refractivity contribution in [3.05, 3.63) is 100 Å². The highest BCUT2D eigenvalue weighted by Gasteiger charge is 2.28. The van der Waals surface area contributed by atoms with E-state index in [1.165, 1.54) is 16.4 Å². The van der Waals surface area contributed by atoms with Crippen LogP contribution in [0.1, 0.15) is 20.2 Å². The average Bonchev–Trinajstić information content (AvgIpc) is 3.70. The minimum absolute atomic E-state index is 0.0816. The zero-order valence-corrected chi connectivity index (χ0v) is 25.2. The van der Waals surface area contributed by atoms with Crippen LogP contribution in [0.15, 0.2) is 94.9 Å². The average molecular weight is 645 g/mol. The minimum Gasteiger partial charge on any atom is -0.327 e. The number of imidazole rings is 1. The predicted octanol–water partition coefficient (Wildman–Crippen LogP) is 5.71. The number of ketones is 1. The lowest BCUT2D eigenvalue weighted by Crippen LogP contribution is -2.21. The number of halogens is 1. The van der Waals surface area contributed by atoms with E-state index in [2.05, 4.69) is 20.9 Å². The summed E-state index contributed by atoms with van der Waals surface area (Å²) in [4.78, 5) is 35.7. The van der Waals surface area contributed by atoms with Gasteiger partial charge in [0.15, 0.2) is 10.8 Å². The molecule has 1 amide bonds. The number of hydrogen-bond donors (Lipinski definition) is 0. The molecule has 6 aromatic rings. The van der Waals surface area contributed by atoms with Crippen molar-refractivity contribution in [2.45, 2.75) is 5.03 Å². The van der Waals surface area contributed by atoms with E-state index in [-0.39, 0.29) is 20.9 Å². The molecule has 0 fully saturated rings. The molecule has 0 spiro atoms. The van der Waals surface area contributed by atoms with Crippen LogP contribution in [-0.4, -0.2) is 52.4 Å². The van der Waals surface area contributed by atoms with Gasteiger partial charge in [-0.1, -0.05) is 75.8 Å². The number of para-hydroxylation sites is 3. The van der Waals surface area contributed by atoms with Gasteiger partial charge in [-0.2, -0.15) is 14.8 Å². The standard InChI is InChI=1S/C29H22BrN7O2S2/c1-35-21-16-10-9-15-20(21)31-24(35)23-27(40-2)34-36(19-13-7-4-8-14-19)28(23)37-29(41-26(33-37)22(38)17-30)32-25(39)18-11-5-3-6-12-18/h3-16H,17H2,1-2H3. The van der Waals surface area contributed by atoms with Crippen LogP contribution in [0.3, 0.4) is 0 Å². The summed E-state index contributed by atoms with van der Waals surface area (Å²) in [6.07, 6.45) is 1.95. The summed E-state index contributed by atoms with van der Waals surface area (Å²) in [6.45, 7) is 0. The Kier molecular flexibility index (Phi) is 7.52. The molecule has 12 heteroatoms. The molecule has 3 heterocycles. The molecule has 9 nitrogen and oxygen atoms in total. The Balaban J connectivity index is 1.70. The van der Waals surface area contributed by atoms with Crippen LogP contribution in [0.2, 0.25) is 0 Å². The number of amides is 1. The van der Waals surface area contributed by atoms with E-state index < -0.39 is 5.91 Å². The Labute approximate surface area is 251 Å².